The number of H-pyrrole nitrogens is 1. The quantitative estimate of drug-likeness (QED) is 0.613. The van der Waals surface area contributed by atoms with Crippen molar-refractivity contribution in [3.8, 4) is 0 Å². The van der Waals surface area contributed by atoms with Gasteiger partial charge in [0.05, 0.1) is 11.0 Å². The Morgan fingerprint density at radius 3 is 2.67 bits per heavy atom. The minimum Gasteiger partial charge on any atom is -0.399 e. The van der Waals surface area contributed by atoms with E-state index in [1.165, 1.54) is 0 Å². The molecule has 0 aliphatic rings. The Kier molecular flexibility index (Phi) is 2.65. The smallest absolute Gasteiger partial charge is 0.334 e. The van der Waals surface area contributed by atoms with E-state index < -0.39 is 17.3 Å². The van der Waals surface area contributed by atoms with Crippen LogP contribution < -0.4 is 16.7 Å². The molecule has 0 saturated carbocycles. The van der Waals surface area contributed by atoms with E-state index in [-0.39, 0.29) is 0 Å². The van der Waals surface area contributed by atoms with Gasteiger partial charge in [-0.1, -0.05) is 0 Å². The van der Waals surface area contributed by atoms with Crippen molar-refractivity contribution in [3.05, 3.63) is 28.7 Å². The number of amides is 1. The van der Waals surface area contributed by atoms with E-state index in [1.54, 1.807) is 18.2 Å². The molecule has 2 aromatic rings. The summed E-state index contributed by atoms with van der Waals surface area (Å²) in [6.07, 6.45) is 0. The molecule has 0 unspecified atom stereocenters. The van der Waals surface area contributed by atoms with Crippen LogP contribution >= 0.6 is 0 Å². The van der Waals surface area contributed by atoms with Gasteiger partial charge in [-0.3, -0.25) is 0 Å². The number of nitrogens with one attached hydrogen (secondary N) is 2. The first-order chi connectivity index (χ1) is 8.28. The summed E-state index contributed by atoms with van der Waals surface area (Å²) in [4.78, 5) is 26.4. The average Bonchev–Trinajstić information content (AvgIpc) is 2.50. The number of nitrogens with two attached hydrogens (primary N) is 1. The maximum Gasteiger partial charge on any atom is 0.334 e. The predicted octanol–water partition coefficient (Wildman–Crippen LogP) is 1.27. The summed E-state index contributed by atoms with van der Waals surface area (Å²) in [6.45, 7) is 5.55. The minimum absolute atomic E-state index is 0.409. The number of rotatable bonds is 0. The molecule has 0 saturated heterocycles. The van der Waals surface area contributed by atoms with Crippen LogP contribution in [0.15, 0.2) is 23.0 Å². The number of aromatic nitrogens is 2. The molecule has 2 rings (SSSR count). The van der Waals surface area contributed by atoms with Crippen molar-refractivity contribution in [2.75, 3.05) is 5.73 Å². The fourth-order valence-electron chi connectivity index (χ4n) is 1.71. The van der Waals surface area contributed by atoms with E-state index in [1.807, 2.05) is 20.8 Å². The van der Waals surface area contributed by atoms with E-state index in [9.17, 15) is 9.59 Å². The molecule has 18 heavy (non-hydrogen) atoms. The number of anilines is 1. The molecule has 96 valence electrons. The largest absolute Gasteiger partial charge is 0.399 e. The van der Waals surface area contributed by atoms with Gasteiger partial charge in [0.1, 0.15) is 0 Å². The molecule has 0 atom stereocenters. The first-order valence-electron chi connectivity index (χ1n) is 5.61. The molecular formula is C12H16N4O2. The number of carbonyl (C=O) groups excluding carboxylic acids is 1. The molecule has 0 fully saturated rings. The third-order valence-electron chi connectivity index (χ3n) is 2.39. The van der Waals surface area contributed by atoms with Crippen LogP contribution in [-0.2, 0) is 0 Å². The summed E-state index contributed by atoms with van der Waals surface area (Å²) < 4.78 is 1.07. The van der Waals surface area contributed by atoms with Crippen molar-refractivity contribution < 1.29 is 4.79 Å². The third-order valence-corrected chi connectivity index (χ3v) is 2.39. The second-order valence-electron chi connectivity index (χ2n) is 5.22. The summed E-state index contributed by atoms with van der Waals surface area (Å²) in [5.74, 6) is 0. The van der Waals surface area contributed by atoms with Gasteiger partial charge in [-0.05, 0) is 39.0 Å². The Morgan fingerprint density at radius 2 is 2.06 bits per heavy atom. The zero-order valence-corrected chi connectivity index (χ0v) is 10.6. The first kappa shape index (κ1) is 12.2. The highest BCUT2D eigenvalue weighted by molar-refractivity contribution is 5.90. The van der Waals surface area contributed by atoms with Gasteiger partial charge < -0.3 is 16.0 Å². The number of benzene rings is 1. The molecule has 1 aromatic heterocycles. The summed E-state index contributed by atoms with van der Waals surface area (Å²) in [5, 5.41) is 2.74. The Bertz CT molecular complexity index is 661. The van der Waals surface area contributed by atoms with Gasteiger partial charge in [0.25, 0.3) is 0 Å². The lowest BCUT2D eigenvalue weighted by Crippen LogP contribution is -2.45. The molecule has 0 aliphatic carbocycles. The van der Waals surface area contributed by atoms with Crippen LogP contribution in [0, 0.1) is 0 Å². The van der Waals surface area contributed by atoms with Gasteiger partial charge in [-0.15, -0.1) is 0 Å². The van der Waals surface area contributed by atoms with Crippen molar-refractivity contribution >= 4 is 22.8 Å². The second kappa shape index (κ2) is 3.90. The van der Waals surface area contributed by atoms with Gasteiger partial charge >= 0.3 is 11.7 Å². The Hall–Kier alpha value is -2.24. The van der Waals surface area contributed by atoms with Crippen LogP contribution in [0.3, 0.4) is 0 Å². The number of imidazole rings is 1. The van der Waals surface area contributed by atoms with Crippen LogP contribution in [0.4, 0.5) is 10.5 Å². The number of fused-ring (bicyclic) bond motifs is 1. The number of hydrogen-bond donors (Lipinski definition) is 3. The minimum atomic E-state index is -0.475. The number of nitrogens with zero attached hydrogens (tertiary/aromatic N) is 1. The van der Waals surface area contributed by atoms with Crippen molar-refractivity contribution in [3.63, 3.8) is 0 Å². The molecule has 1 heterocycles. The summed E-state index contributed by atoms with van der Waals surface area (Å²) in [6, 6.07) is 4.46. The van der Waals surface area contributed by atoms with E-state index in [2.05, 4.69) is 10.3 Å². The van der Waals surface area contributed by atoms with E-state index in [4.69, 9.17) is 5.73 Å². The molecule has 1 aromatic carbocycles. The topological polar surface area (TPSA) is 92.9 Å². The molecule has 0 bridgehead atoms. The SMILES string of the molecule is CC(C)(C)NC(=O)n1c(=O)[nH]c2cc(N)ccc21. The van der Waals surface area contributed by atoms with Gasteiger partial charge in [-0.2, -0.15) is 0 Å². The number of carbonyl (C=O) groups is 1. The van der Waals surface area contributed by atoms with Gasteiger partial charge in [0, 0.05) is 11.2 Å². The molecule has 0 radical (unpaired) electrons. The second-order valence-corrected chi connectivity index (χ2v) is 5.22. The summed E-state index contributed by atoms with van der Waals surface area (Å²) in [5.41, 5.74) is 6.34. The fourth-order valence-corrected chi connectivity index (χ4v) is 1.71. The van der Waals surface area contributed by atoms with E-state index in [0.29, 0.717) is 16.7 Å². The highest BCUT2D eigenvalue weighted by atomic mass is 16.2. The lowest BCUT2D eigenvalue weighted by molar-refractivity contribution is 0.233. The number of nitrogen functional groups attached to an aromatic ring is 1. The summed E-state index contributed by atoms with van der Waals surface area (Å²) in [7, 11) is 0. The van der Waals surface area contributed by atoms with Crippen molar-refractivity contribution in [2.24, 2.45) is 0 Å². The summed E-state index contributed by atoms with van der Waals surface area (Å²) >= 11 is 0. The van der Waals surface area contributed by atoms with Crippen molar-refractivity contribution in [1.29, 1.82) is 0 Å². The third kappa shape index (κ3) is 2.22. The Morgan fingerprint density at radius 1 is 1.39 bits per heavy atom. The van der Waals surface area contributed by atoms with Crippen molar-refractivity contribution in [2.45, 2.75) is 26.3 Å². The lowest BCUT2D eigenvalue weighted by Gasteiger charge is -2.20. The Balaban J connectivity index is 2.54. The standard InChI is InChI=1S/C12H16N4O2/c1-12(2,3)15-11(18)16-9-5-4-7(13)6-8(9)14-10(16)17/h4-6H,13H2,1-3H3,(H,14,17)(H,15,18). The normalized spacial score (nSPS) is 11.7. The van der Waals surface area contributed by atoms with E-state index in [0.717, 1.165) is 4.57 Å². The molecular weight excluding hydrogens is 232 g/mol. The number of aromatic amines is 1. The van der Waals surface area contributed by atoms with Crippen LogP contribution in [-0.4, -0.2) is 21.1 Å². The van der Waals surface area contributed by atoms with Crippen molar-refractivity contribution in [1.82, 2.24) is 14.9 Å². The molecule has 0 aliphatic heterocycles. The fraction of sp³-hybridized carbons (Fsp3) is 0.333. The highest BCUT2D eigenvalue weighted by Crippen LogP contribution is 2.14. The van der Waals surface area contributed by atoms with E-state index >= 15 is 0 Å². The maximum atomic E-state index is 12.0. The van der Waals surface area contributed by atoms with Gasteiger partial charge in [-0.25, -0.2) is 14.2 Å². The van der Waals surface area contributed by atoms with Crippen LogP contribution in [0.5, 0.6) is 0 Å². The van der Waals surface area contributed by atoms with Crippen LogP contribution in [0.2, 0.25) is 0 Å². The van der Waals surface area contributed by atoms with Gasteiger partial charge in [0.2, 0.25) is 0 Å². The average molecular weight is 248 g/mol. The monoisotopic (exact) mass is 248 g/mol. The zero-order valence-electron chi connectivity index (χ0n) is 10.6. The first-order valence-corrected chi connectivity index (χ1v) is 5.61. The highest BCUT2D eigenvalue weighted by Gasteiger charge is 2.19. The molecule has 4 N–H and O–H groups in total. The maximum absolute atomic E-state index is 12.0. The van der Waals surface area contributed by atoms with Crippen LogP contribution in [0.1, 0.15) is 20.8 Å². The molecule has 0 spiro atoms. The Labute approximate surface area is 104 Å². The number of hydrogen-bond acceptors (Lipinski definition) is 3. The van der Waals surface area contributed by atoms with Crippen LogP contribution in [0.25, 0.3) is 11.0 Å². The lowest BCUT2D eigenvalue weighted by atomic mass is 10.1. The molecule has 6 nitrogen and oxygen atoms in total. The predicted molar refractivity (Wildman–Crippen MR) is 70.7 cm³/mol. The zero-order chi connectivity index (χ0) is 13.5. The molecule has 1 amide bonds. The molecule has 6 heteroatoms. The van der Waals surface area contributed by atoms with Gasteiger partial charge in [0.15, 0.2) is 0 Å².